The first kappa shape index (κ1) is 24.3. The summed E-state index contributed by atoms with van der Waals surface area (Å²) in [5.41, 5.74) is 2.63. The molecule has 1 saturated heterocycles. The van der Waals surface area contributed by atoms with Crippen molar-refractivity contribution in [3.8, 4) is 24.0 Å². The van der Waals surface area contributed by atoms with Gasteiger partial charge in [-0.15, -0.1) is 10.5 Å². The van der Waals surface area contributed by atoms with Crippen LogP contribution in [0.15, 0.2) is 48.5 Å². The Morgan fingerprint density at radius 3 is 1.25 bits per heavy atom. The third-order valence-electron chi connectivity index (χ3n) is 6.74. The minimum Gasteiger partial charge on any atom is -0.388 e. The lowest BCUT2D eigenvalue weighted by Gasteiger charge is -2.27. The van der Waals surface area contributed by atoms with Gasteiger partial charge in [0.25, 0.3) is 12.5 Å². The van der Waals surface area contributed by atoms with Crippen LogP contribution in [-0.4, -0.2) is 70.8 Å². The highest BCUT2D eigenvalue weighted by Crippen LogP contribution is 2.31. The molecule has 0 bridgehead atoms. The predicted octanol–water partition coefficient (Wildman–Crippen LogP) is -2.62. The highest BCUT2D eigenvalue weighted by atomic mass is 16.5. The number of nitriles is 2. The fourth-order valence-corrected chi connectivity index (χ4v) is 4.98. The van der Waals surface area contributed by atoms with Crippen molar-refractivity contribution in [2.75, 3.05) is 0 Å². The van der Waals surface area contributed by atoms with E-state index in [2.05, 4.69) is 24.3 Å². The minimum atomic E-state index is 0.603. The summed E-state index contributed by atoms with van der Waals surface area (Å²) in [5.74, 6) is 2.47. The van der Waals surface area contributed by atoms with Crippen LogP contribution < -0.4 is 9.47 Å². The van der Waals surface area contributed by atoms with Crippen molar-refractivity contribution in [1.82, 2.24) is 0 Å². The molecule has 2 atom stereocenters. The summed E-state index contributed by atoms with van der Waals surface area (Å²) in [7, 11) is 13.3. The van der Waals surface area contributed by atoms with Crippen molar-refractivity contribution in [1.29, 1.82) is 10.5 Å². The number of nitrogens with zero attached hydrogens (tertiary/aromatic N) is 2. The standard InChI is InChI=1S/C18H24B10N2O2/c29-11-31-15-5-1-13(2-6-15)9-17-18(10-14-3-7-16(8-4-14)32-12-30)20-22-24-26-28-27-25-23-21-19-17/h1-8,17-28H,9-10H2. The lowest BCUT2D eigenvalue weighted by molar-refractivity contribution is 0.506. The molecule has 2 unspecified atom stereocenters. The lowest BCUT2D eigenvalue weighted by Crippen LogP contribution is -2.37. The number of hydrogen-bond donors (Lipinski definition) is 0. The van der Waals surface area contributed by atoms with Gasteiger partial charge in [-0.05, 0) is 48.2 Å². The predicted molar refractivity (Wildman–Crippen MR) is 152 cm³/mol. The molecule has 1 aliphatic rings. The van der Waals surface area contributed by atoms with Crippen LogP contribution >= 0.6 is 0 Å². The molecule has 14 heteroatoms. The molecule has 0 aliphatic carbocycles. The van der Waals surface area contributed by atoms with E-state index in [4.69, 9.17) is 20.0 Å². The number of rotatable bonds is 6. The Morgan fingerprint density at radius 1 is 0.562 bits per heavy atom. The maximum atomic E-state index is 8.73. The van der Waals surface area contributed by atoms with E-state index in [0.717, 1.165) is 12.8 Å². The molecule has 0 spiro atoms. The highest BCUT2D eigenvalue weighted by Gasteiger charge is 2.24. The Morgan fingerprint density at radius 2 is 0.906 bits per heavy atom. The fourth-order valence-electron chi connectivity index (χ4n) is 4.98. The highest BCUT2D eigenvalue weighted by molar-refractivity contribution is 7.69. The van der Waals surface area contributed by atoms with E-state index in [1.54, 1.807) is 12.5 Å². The number of ether oxygens (including phenoxy) is 2. The molecule has 148 valence electrons. The van der Waals surface area contributed by atoms with Gasteiger partial charge in [0, 0.05) is 56.5 Å². The van der Waals surface area contributed by atoms with Crippen LogP contribution in [0.25, 0.3) is 0 Å². The normalized spacial score (nSPS) is 17.6. The van der Waals surface area contributed by atoms with Gasteiger partial charge in [-0.3, -0.25) is 0 Å². The Hall–Kier alpha value is -2.33. The van der Waals surface area contributed by atoms with Crippen LogP contribution in [0.1, 0.15) is 11.1 Å². The van der Waals surface area contributed by atoms with Gasteiger partial charge in [0.15, 0.2) is 0 Å². The van der Waals surface area contributed by atoms with Crippen molar-refractivity contribution in [2.45, 2.75) is 24.5 Å². The molecule has 4 nitrogen and oxygen atoms in total. The first-order chi connectivity index (χ1) is 15.8. The van der Waals surface area contributed by atoms with E-state index in [1.165, 1.54) is 82.0 Å². The zero-order chi connectivity index (χ0) is 22.4. The molecule has 1 fully saturated rings. The van der Waals surface area contributed by atoms with Crippen molar-refractivity contribution in [3.05, 3.63) is 59.7 Å². The van der Waals surface area contributed by atoms with Crippen LogP contribution in [0.3, 0.4) is 0 Å². The smallest absolute Gasteiger partial charge is 0.292 e. The summed E-state index contributed by atoms with van der Waals surface area (Å²) < 4.78 is 9.89. The molecule has 0 amide bonds. The molecular formula is C18H24B10N2O2. The Labute approximate surface area is 198 Å². The van der Waals surface area contributed by atoms with Crippen molar-refractivity contribution in [3.63, 3.8) is 0 Å². The second-order valence-corrected chi connectivity index (χ2v) is 9.01. The van der Waals surface area contributed by atoms with E-state index in [9.17, 15) is 0 Å². The van der Waals surface area contributed by atoms with E-state index in [1.807, 2.05) is 24.3 Å². The van der Waals surface area contributed by atoms with Gasteiger partial charge in [0.2, 0.25) is 0 Å². The monoisotopic (exact) mass is 410 g/mol. The van der Waals surface area contributed by atoms with Crippen LogP contribution in [0.5, 0.6) is 11.5 Å². The average molecular weight is 409 g/mol. The van der Waals surface area contributed by atoms with E-state index >= 15 is 0 Å². The largest absolute Gasteiger partial charge is 0.388 e. The van der Waals surface area contributed by atoms with Gasteiger partial charge in [-0.2, -0.15) is 0 Å². The Bertz CT molecular complexity index is 828. The van der Waals surface area contributed by atoms with E-state index < -0.39 is 0 Å². The average Bonchev–Trinajstić information content (AvgIpc) is 2.80. The fraction of sp³-hybridized carbons (Fsp3) is 0.222. The van der Waals surface area contributed by atoms with Crippen molar-refractivity contribution >= 4 is 70.8 Å². The van der Waals surface area contributed by atoms with E-state index in [-0.39, 0.29) is 0 Å². The molecule has 0 aromatic heterocycles. The lowest BCUT2D eigenvalue weighted by atomic mass is 8.87. The van der Waals surface area contributed by atoms with Crippen molar-refractivity contribution in [2.24, 2.45) is 0 Å². The molecule has 1 aliphatic heterocycles. The van der Waals surface area contributed by atoms with E-state index in [0.29, 0.717) is 23.1 Å². The summed E-state index contributed by atoms with van der Waals surface area (Å²) in [6.07, 6.45) is 5.61. The zero-order valence-corrected chi connectivity index (χ0v) is 19.0. The molecule has 0 saturated carbocycles. The minimum absolute atomic E-state index is 0.603. The zero-order valence-electron chi connectivity index (χ0n) is 19.0. The summed E-state index contributed by atoms with van der Waals surface area (Å²) in [6.45, 7) is 0. The van der Waals surface area contributed by atoms with Gasteiger partial charge in [-0.25, -0.2) is 0 Å². The molecule has 3 rings (SSSR count). The Balaban J connectivity index is 1.75. The topological polar surface area (TPSA) is 66.0 Å². The molecule has 2 aromatic carbocycles. The van der Waals surface area contributed by atoms with Gasteiger partial charge >= 0.3 is 0 Å². The third kappa shape index (κ3) is 8.31. The first-order valence-corrected chi connectivity index (χ1v) is 12.1. The molecule has 32 heavy (non-hydrogen) atoms. The van der Waals surface area contributed by atoms with Crippen LogP contribution in [0.2, 0.25) is 11.6 Å². The molecular weight excluding hydrogens is 384 g/mol. The SMILES string of the molecule is N#COc1ccc(CC2BBBBBBBBBBC2Cc2ccc(OC#N)cc2)cc1. The van der Waals surface area contributed by atoms with Crippen LogP contribution in [0, 0.1) is 23.0 Å². The van der Waals surface area contributed by atoms with Crippen molar-refractivity contribution < 1.29 is 9.47 Å². The van der Waals surface area contributed by atoms with Gasteiger partial charge in [0.1, 0.15) is 11.5 Å². The van der Waals surface area contributed by atoms with Gasteiger partial charge in [-0.1, -0.05) is 35.9 Å². The number of benzene rings is 2. The molecule has 2 aromatic rings. The van der Waals surface area contributed by atoms with Gasteiger partial charge < -0.3 is 9.47 Å². The molecule has 0 radical (unpaired) electrons. The summed E-state index contributed by atoms with van der Waals surface area (Å²) in [6, 6.07) is 16.0. The molecule has 0 N–H and O–H groups in total. The summed E-state index contributed by atoms with van der Waals surface area (Å²) in [5, 5.41) is 17.5. The Kier molecular flexibility index (Phi) is 10.6. The maximum Gasteiger partial charge on any atom is 0.292 e. The third-order valence-corrected chi connectivity index (χ3v) is 6.74. The molecule has 1 heterocycles. The van der Waals surface area contributed by atoms with Gasteiger partial charge in [0.05, 0.1) is 14.3 Å². The second kappa shape index (κ2) is 13.9. The summed E-state index contributed by atoms with van der Waals surface area (Å²) in [4.78, 5) is 0. The quantitative estimate of drug-likeness (QED) is 0.388. The second-order valence-electron chi connectivity index (χ2n) is 9.01. The first-order valence-electron chi connectivity index (χ1n) is 12.1. The van der Waals surface area contributed by atoms with Crippen LogP contribution in [0.4, 0.5) is 0 Å². The summed E-state index contributed by atoms with van der Waals surface area (Å²) >= 11 is 0. The number of hydrogen-bond acceptors (Lipinski definition) is 4. The maximum absolute atomic E-state index is 8.73. The van der Waals surface area contributed by atoms with Crippen LogP contribution in [-0.2, 0) is 12.8 Å².